The first-order valence-corrected chi connectivity index (χ1v) is 9.96. The summed E-state index contributed by atoms with van der Waals surface area (Å²) in [6.07, 6.45) is 6.21. The first kappa shape index (κ1) is 18.7. The van der Waals surface area contributed by atoms with E-state index in [4.69, 9.17) is 0 Å². The van der Waals surface area contributed by atoms with Gasteiger partial charge in [-0.2, -0.15) is 0 Å². The van der Waals surface area contributed by atoms with Gasteiger partial charge in [0.15, 0.2) is 0 Å². The molecule has 2 unspecified atom stereocenters. The number of carbonyl (C=O) groups is 1. The van der Waals surface area contributed by atoms with Crippen LogP contribution in [-0.4, -0.2) is 32.8 Å². The van der Waals surface area contributed by atoms with Gasteiger partial charge in [-0.25, -0.2) is 9.78 Å². The summed E-state index contributed by atoms with van der Waals surface area (Å²) in [6, 6.07) is 11.6. The zero-order valence-corrected chi connectivity index (χ0v) is 16.1. The Morgan fingerprint density at radius 1 is 1.18 bits per heavy atom. The normalized spacial score (nSPS) is 29.1. The first-order chi connectivity index (χ1) is 13.4. The van der Waals surface area contributed by atoms with E-state index in [0.29, 0.717) is 23.3 Å². The molecule has 2 fully saturated rings. The fourth-order valence-corrected chi connectivity index (χ4v) is 4.96. The molecule has 1 aromatic carbocycles. The summed E-state index contributed by atoms with van der Waals surface area (Å²) in [4.78, 5) is 16.0. The highest BCUT2D eigenvalue weighted by Gasteiger charge is 2.44. The molecule has 4 atom stereocenters. The molecule has 2 saturated carbocycles. The van der Waals surface area contributed by atoms with Gasteiger partial charge in [0.2, 0.25) is 0 Å². The molecule has 28 heavy (non-hydrogen) atoms. The predicted octanol–water partition coefficient (Wildman–Crippen LogP) is 4.27. The molecule has 4 rings (SSSR count). The van der Waals surface area contributed by atoms with Crippen LogP contribution in [0.1, 0.15) is 49.4 Å². The fraction of sp³-hybridized carbons (Fsp3) is 0.455. The quantitative estimate of drug-likeness (QED) is 0.618. The number of fused-ring (bicyclic) bond motifs is 2. The maximum absolute atomic E-state index is 11.7. The summed E-state index contributed by atoms with van der Waals surface area (Å²) >= 11 is 0. The van der Waals surface area contributed by atoms with Crippen molar-refractivity contribution in [2.24, 2.45) is 11.8 Å². The van der Waals surface area contributed by atoms with Crippen LogP contribution in [0.25, 0.3) is 0 Å². The lowest BCUT2D eigenvalue weighted by Gasteiger charge is -2.49. The zero-order chi connectivity index (χ0) is 19.7. The maximum atomic E-state index is 11.7. The van der Waals surface area contributed by atoms with Crippen molar-refractivity contribution in [3.8, 4) is 0 Å². The SMILES string of the molecule is CC1(O)C[C@H]2CCC[C@@H](C1)C2Nc1cc(Nc2ccccc2)ncc1C(=O)O. The standard InChI is InChI=1S/C22H27N3O3/c1-22(28)11-14-6-5-7-15(12-22)20(14)25-18-10-19(23-13-17(18)21(26)27)24-16-8-3-2-4-9-16/h2-4,8-10,13-15,20,28H,5-7,11-12H2,1H3,(H,26,27)(H2,23,24,25)/t14-,15+,20?,22?. The molecule has 2 aliphatic rings. The van der Waals surface area contributed by atoms with E-state index in [1.54, 1.807) is 6.07 Å². The van der Waals surface area contributed by atoms with Crippen LogP contribution in [0.3, 0.4) is 0 Å². The van der Waals surface area contributed by atoms with Crippen LogP contribution in [0.2, 0.25) is 0 Å². The second-order valence-corrected chi connectivity index (χ2v) is 8.44. The van der Waals surface area contributed by atoms with Crippen molar-refractivity contribution in [3.05, 3.63) is 48.2 Å². The van der Waals surface area contributed by atoms with Gasteiger partial charge in [-0.1, -0.05) is 24.6 Å². The molecular weight excluding hydrogens is 354 g/mol. The highest BCUT2D eigenvalue weighted by atomic mass is 16.4. The van der Waals surface area contributed by atoms with Crippen molar-refractivity contribution in [3.63, 3.8) is 0 Å². The van der Waals surface area contributed by atoms with Gasteiger partial charge in [0.25, 0.3) is 0 Å². The van der Waals surface area contributed by atoms with Gasteiger partial charge in [-0.3, -0.25) is 0 Å². The first-order valence-electron chi connectivity index (χ1n) is 9.96. The number of nitrogens with one attached hydrogen (secondary N) is 2. The Kier molecular flexibility index (Phi) is 4.98. The molecule has 0 spiro atoms. The van der Waals surface area contributed by atoms with Crippen LogP contribution in [0.4, 0.5) is 17.2 Å². The molecule has 4 N–H and O–H groups in total. The minimum atomic E-state index is -0.991. The summed E-state index contributed by atoms with van der Waals surface area (Å²) in [7, 11) is 0. The van der Waals surface area contributed by atoms with Crippen LogP contribution in [0, 0.1) is 11.8 Å². The van der Waals surface area contributed by atoms with E-state index >= 15 is 0 Å². The topological polar surface area (TPSA) is 94.5 Å². The summed E-state index contributed by atoms with van der Waals surface area (Å²) in [5, 5.41) is 26.9. The number of nitrogens with zero attached hydrogens (tertiary/aromatic N) is 1. The van der Waals surface area contributed by atoms with Crippen LogP contribution < -0.4 is 10.6 Å². The monoisotopic (exact) mass is 381 g/mol. The highest BCUT2D eigenvalue weighted by molar-refractivity contribution is 5.94. The number of hydrogen-bond acceptors (Lipinski definition) is 5. The lowest BCUT2D eigenvalue weighted by Crippen LogP contribution is -2.51. The number of aromatic nitrogens is 1. The summed E-state index contributed by atoms with van der Waals surface area (Å²) in [5.74, 6) is 0.312. The molecule has 0 aliphatic heterocycles. The largest absolute Gasteiger partial charge is 0.478 e. The van der Waals surface area contributed by atoms with E-state index < -0.39 is 11.6 Å². The molecule has 6 nitrogen and oxygen atoms in total. The number of benzene rings is 1. The van der Waals surface area contributed by atoms with Crippen molar-refractivity contribution in [2.75, 3.05) is 10.6 Å². The molecular formula is C22H27N3O3. The average Bonchev–Trinajstić information content (AvgIpc) is 2.63. The number of anilines is 3. The van der Waals surface area contributed by atoms with Crippen molar-refractivity contribution in [1.29, 1.82) is 0 Å². The average molecular weight is 381 g/mol. The molecule has 0 radical (unpaired) electrons. The van der Waals surface area contributed by atoms with E-state index in [1.165, 1.54) is 12.6 Å². The Morgan fingerprint density at radius 3 is 2.50 bits per heavy atom. The van der Waals surface area contributed by atoms with Crippen molar-refractivity contribution < 1.29 is 15.0 Å². The van der Waals surface area contributed by atoms with Gasteiger partial charge in [-0.05, 0) is 56.6 Å². The van der Waals surface area contributed by atoms with E-state index in [-0.39, 0.29) is 11.6 Å². The highest BCUT2D eigenvalue weighted by Crippen LogP contribution is 2.46. The predicted molar refractivity (Wildman–Crippen MR) is 109 cm³/mol. The van der Waals surface area contributed by atoms with Gasteiger partial charge >= 0.3 is 5.97 Å². The minimum Gasteiger partial charge on any atom is -0.478 e. The van der Waals surface area contributed by atoms with Crippen LogP contribution in [-0.2, 0) is 0 Å². The number of rotatable bonds is 5. The molecule has 0 amide bonds. The van der Waals surface area contributed by atoms with Crippen LogP contribution in [0.15, 0.2) is 42.6 Å². The molecule has 2 aromatic rings. The molecule has 148 valence electrons. The van der Waals surface area contributed by atoms with Crippen molar-refractivity contribution in [2.45, 2.75) is 50.7 Å². The second kappa shape index (κ2) is 7.43. The summed E-state index contributed by atoms with van der Waals surface area (Å²) < 4.78 is 0. The van der Waals surface area contributed by atoms with E-state index in [9.17, 15) is 15.0 Å². The lowest BCUT2D eigenvalue weighted by molar-refractivity contribution is -0.0432. The third kappa shape index (κ3) is 3.97. The molecule has 1 aromatic heterocycles. The number of hydrogen-bond donors (Lipinski definition) is 4. The number of pyridine rings is 1. The molecule has 6 heteroatoms. The Balaban J connectivity index is 1.60. The Labute approximate surface area is 165 Å². The number of para-hydroxylation sites is 1. The summed E-state index contributed by atoms with van der Waals surface area (Å²) in [6.45, 7) is 1.92. The Morgan fingerprint density at radius 2 is 1.86 bits per heavy atom. The number of carboxylic acids is 1. The number of carboxylic acid groups (broad SMARTS) is 1. The number of aromatic carboxylic acids is 1. The Bertz CT molecular complexity index is 837. The van der Waals surface area contributed by atoms with E-state index in [0.717, 1.165) is 31.4 Å². The van der Waals surface area contributed by atoms with Gasteiger partial charge in [0.05, 0.1) is 11.3 Å². The lowest BCUT2D eigenvalue weighted by atomic mass is 9.63. The van der Waals surface area contributed by atoms with Gasteiger partial charge in [0.1, 0.15) is 11.4 Å². The van der Waals surface area contributed by atoms with Crippen LogP contribution in [0.5, 0.6) is 0 Å². The minimum absolute atomic E-state index is 0.175. The van der Waals surface area contributed by atoms with E-state index in [2.05, 4.69) is 15.6 Å². The third-order valence-corrected chi connectivity index (χ3v) is 6.07. The van der Waals surface area contributed by atoms with E-state index in [1.807, 2.05) is 37.3 Å². The second-order valence-electron chi connectivity index (χ2n) is 8.44. The molecule has 0 saturated heterocycles. The Hall–Kier alpha value is -2.60. The molecule has 2 aliphatic carbocycles. The smallest absolute Gasteiger partial charge is 0.339 e. The third-order valence-electron chi connectivity index (χ3n) is 6.07. The van der Waals surface area contributed by atoms with Gasteiger partial charge in [-0.15, -0.1) is 0 Å². The fourth-order valence-electron chi connectivity index (χ4n) is 4.96. The van der Waals surface area contributed by atoms with Crippen molar-refractivity contribution >= 4 is 23.2 Å². The molecule has 1 heterocycles. The number of aliphatic hydroxyl groups is 1. The van der Waals surface area contributed by atoms with Gasteiger partial charge < -0.3 is 20.8 Å². The molecule has 2 bridgehead atoms. The zero-order valence-electron chi connectivity index (χ0n) is 16.1. The van der Waals surface area contributed by atoms with Crippen LogP contribution >= 0.6 is 0 Å². The van der Waals surface area contributed by atoms with Crippen molar-refractivity contribution in [1.82, 2.24) is 4.98 Å². The van der Waals surface area contributed by atoms with Gasteiger partial charge in [0, 0.05) is 24.0 Å². The maximum Gasteiger partial charge on any atom is 0.339 e. The summed E-state index contributed by atoms with van der Waals surface area (Å²) in [5.41, 5.74) is 1.04.